The molecule has 0 saturated heterocycles. The quantitative estimate of drug-likeness (QED) is 0.272. The average Bonchev–Trinajstić information content (AvgIpc) is 3.29. The summed E-state index contributed by atoms with van der Waals surface area (Å²) in [4.78, 5) is 23.0. The molecule has 8 heteroatoms. The van der Waals surface area contributed by atoms with Crippen LogP contribution in [0, 0.1) is 13.8 Å². The Morgan fingerprint density at radius 3 is 2.32 bits per heavy atom. The number of benzene rings is 3. The van der Waals surface area contributed by atoms with Gasteiger partial charge in [-0.15, -0.1) is 5.10 Å². The molecule has 3 aromatic carbocycles. The van der Waals surface area contributed by atoms with Gasteiger partial charge in [0, 0.05) is 18.3 Å². The standard InChI is InChI=1S/C30H31N3O5/c1-19(2)37-27-14-7-21(4)17-26(27)33-18-25(22-8-5-20(3)6-9-22)30(32-33)38-24-12-10-23(11-13-24)29(36)31-16-15-28(34)35/h5-14,17-19H,15-16H2,1-4H3,(H,31,36)(H,34,35). The van der Waals surface area contributed by atoms with Gasteiger partial charge in [0.25, 0.3) is 5.91 Å². The van der Waals surface area contributed by atoms with Crippen molar-refractivity contribution >= 4 is 11.9 Å². The van der Waals surface area contributed by atoms with Gasteiger partial charge in [0.05, 0.1) is 18.1 Å². The molecule has 1 amide bonds. The van der Waals surface area contributed by atoms with E-state index in [1.807, 2.05) is 76.4 Å². The number of aromatic nitrogens is 2. The highest BCUT2D eigenvalue weighted by atomic mass is 16.5. The van der Waals surface area contributed by atoms with E-state index in [1.54, 1.807) is 28.9 Å². The lowest BCUT2D eigenvalue weighted by Gasteiger charge is -2.14. The fourth-order valence-corrected chi connectivity index (χ4v) is 3.82. The second-order valence-electron chi connectivity index (χ2n) is 9.32. The number of hydrogen-bond acceptors (Lipinski definition) is 5. The molecule has 4 rings (SSSR count). The zero-order chi connectivity index (χ0) is 27.2. The lowest BCUT2D eigenvalue weighted by molar-refractivity contribution is -0.136. The van der Waals surface area contributed by atoms with E-state index in [1.165, 1.54) is 0 Å². The van der Waals surface area contributed by atoms with Gasteiger partial charge < -0.3 is 19.9 Å². The number of carboxylic acid groups (broad SMARTS) is 1. The van der Waals surface area contributed by atoms with Gasteiger partial charge in [0.2, 0.25) is 5.88 Å². The molecule has 8 nitrogen and oxygen atoms in total. The highest BCUT2D eigenvalue weighted by Gasteiger charge is 2.18. The minimum Gasteiger partial charge on any atom is -0.489 e. The minimum atomic E-state index is -0.966. The van der Waals surface area contributed by atoms with E-state index in [-0.39, 0.29) is 25.0 Å². The molecule has 0 fully saturated rings. The van der Waals surface area contributed by atoms with Crippen molar-refractivity contribution in [2.45, 2.75) is 40.2 Å². The fourth-order valence-electron chi connectivity index (χ4n) is 3.82. The monoisotopic (exact) mass is 513 g/mol. The largest absolute Gasteiger partial charge is 0.489 e. The first-order valence-corrected chi connectivity index (χ1v) is 12.4. The zero-order valence-electron chi connectivity index (χ0n) is 21.9. The number of aliphatic carboxylic acids is 1. The highest BCUT2D eigenvalue weighted by molar-refractivity contribution is 5.94. The van der Waals surface area contributed by atoms with Crippen LogP contribution < -0.4 is 14.8 Å². The Bertz CT molecular complexity index is 1420. The summed E-state index contributed by atoms with van der Waals surface area (Å²) >= 11 is 0. The van der Waals surface area contributed by atoms with Crippen molar-refractivity contribution < 1.29 is 24.2 Å². The normalized spacial score (nSPS) is 10.9. The smallest absolute Gasteiger partial charge is 0.305 e. The van der Waals surface area contributed by atoms with E-state index in [0.29, 0.717) is 22.9 Å². The van der Waals surface area contributed by atoms with Crippen LogP contribution in [0.25, 0.3) is 16.8 Å². The van der Waals surface area contributed by atoms with Crippen LogP contribution in [0.15, 0.2) is 72.9 Å². The molecule has 1 heterocycles. The number of nitrogens with zero attached hydrogens (tertiary/aromatic N) is 2. The summed E-state index contributed by atoms with van der Waals surface area (Å²) in [5.74, 6) is 0.317. The van der Waals surface area contributed by atoms with E-state index in [0.717, 1.165) is 27.9 Å². The molecule has 0 aliphatic carbocycles. The Labute approximate surface area is 221 Å². The summed E-state index contributed by atoms with van der Waals surface area (Å²) in [5.41, 5.74) is 5.18. The summed E-state index contributed by atoms with van der Waals surface area (Å²) in [7, 11) is 0. The maximum Gasteiger partial charge on any atom is 0.305 e. The summed E-state index contributed by atoms with van der Waals surface area (Å²) in [6.45, 7) is 8.07. The predicted octanol–water partition coefficient (Wildman–Crippen LogP) is 5.94. The van der Waals surface area contributed by atoms with Crippen molar-refractivity contribution in [3.8, 4) is 34.2 Å². The molecule has 196 valence electrons. The Kier molecular flexibility index (Phi) is 8.11. The van der Waals surface area contributed by atoms with Crippen LogP contribution in [0.5, 0.6) is 17.4 Å². The number of nitrogens with one attached hydrogen (secondary N) is 1. The first-order valence-electron chi connectivity index (χ1n) is 12.4. The van der Waals surface area contributed by atoms with Gasteiger partial charge in [0.15, 0.2) is 0 Å². The van der Waals surface area contributed by atoms with Gasteiger partial charge in [-0.3, -0.25) is 9.59 Å². The molecule has 0 saturated carbocycles. The van der Waals surface area contributed by atoms with E-state index >= 15 is 0 Å². The summed E-state index contributed by atoms with van der Waals surface area (Å²) in [5, 5.41) is 16.1. The molecule has 0 spiro atoms. The van der Waals surface area contributed by atoms with Crippen molar-refractivity contribution in [1.29, 1.82) is 0 Å². The lowest BCUT2D eigenvalue weighted by atomic mass is 10.1. The Morgan fingerprint density at radius 2 is 1.66 bits per heavy atom. The topological polar surface area (TPSA) is 103 Å². The van der Waals surface area contributed by atoms with Gasteiger partial charge in [-0.05, 0) is 75.2 Å². The minimum absolute atomic E-state index is 0.000787. The van der Waals surface area contributed by atoms with Gasteiger partial charge in [-0.25, -0.2) is 4.68 Å². The van der Waals surface area contributed by atoms with Crippen molar-refractivity contribution in [3.05, 3.63) is 89.6 Å². The molecule has 0 atom stereocenters. The molecular weight excluding hydrogens is 482 g/mol. The number of carbonyl (C=O) groups is 2. The number of carboxylic acids is 1. The van der Waals surface area contributed by atoms with Crippen LogP contribution in [-0.2, 0) is 4.79 Å². The maximum absolute atomic E-state index is 12.3. The zero-order valence-corrected chi connectivity index (χ0v) is 21.9. The second kappa shape index (κ2) is 11.6. The Morgan fingerprint density at radius 1 is 0.974 bits per heavy atom. The first kappa shape index (κ1) is 26.5. The molecule has 38 heavy (non-hydrogen) atoms. The van der Waals surface area contributed by atoms with Crippen molar-refractivity contribution in [2.75, 3.05) is 6.54 Å². The molecule has 1 aromatic heterocycles. The molecule has 0 aliphatic rings. The fraction of sp³-hybridized carbons (Fsp3) is 0.233. The lowest BCUT2D eigenvalue weighted by Crippen LogP contribution is -2.25. The SMILES string of the molecule is Cc1ccc(-c2cn(-c3cc(C)ccc3OC(C)C)nc2Oc2ccc(C(=O)NCCC(=O)O)cc2)cc1. The van der Waals surface area contributed by atoms with E-state index < -0.39 is 5.97 Å². The molecule has 0 bridgehead atoms. The van der Waals surface area contributed by atoms with Crippen LogP contribution in [0.3, 0.4) is 0 Å². The molecule has 0 unspecified atom stereocenters. The number of hydrogen-bond donors (Lipinski definition) is 2. The van der Waals surface area contributed by atoms with Crippen molar-refractivity contribution in [2.24, 2.45) is 0 Å². The molecular formula is C30H31N3O5. The molecule has 2 N–H and O–H groups in total. The Hall–Kier alpha value is -4.59. The van der Waals surface area contributed by atoms with Crippen LogP contribution in [0.1, 0.15) is 41.8 Å². The van der Waals surface area contributed by atoms with Crippen molar-refractivity contribution in [3.63, 3.8) is 0 Å². The maximum atomic E-state index is 12.3. The van der Waals surface area contributed by atoms with Gasteiger partial charge in [0.1, 0.15) is 17.2 Å². The summed E-state index contributed by atoms with van der Waals surface area (Å²) < 4.78 is 14.0. The van der Waals surface area contributed by atoms with Crippen LogP contribution in [0.2, 0.25) is 0 Å². The number of amides is 1. The first-order chi connectivity index (χ1) is 18.2. The van der Waals surface area contributed by atoms with E-state index in [2.05, 4.69) is 5.32 Å². The predicted molar refractivity (Wildman–Crippen MR) is 145 cm³/mol. The van der Waals surface area contributed by atoms with E-state index in [9.17, 15) is 9.59 Å². The Balaban J connectivity index is 1.66. The van der Waals surface area contributed by atoms with Crippen LogP contribution >= 0.6 is 0 Å². The molecule has 4 aromatic rings. The van der Waals surface area contributed by atoms with Gasteiger partial charge in [-0.2, -0.15) is 0 Å². The number of rotatable bonds is 10. The number of ether oxygens (including phenoxy) is 2. The van der Waals surface area contributed by atoms with Crippen LogP contribution in [-0.4, -0.2) is 39.4 Å². The number of aryl methyl sites for hydroxylation is 2. The molecule has 0 radical (unpaired) electrons. The second-order valence-corrected chi connectivity index (χ2v) is 9.32. The third-order valence-electron chi connectivity index (χ3n) is 5.72. The molecule has 0 aliphatic heterocycles. The number of carbonyl (C=O) groups excluding carboxylic acids is 1. The van der Waals surface area contributed by atoms with Gasteiger partial charge in [-0.1, -0.05) is 35.9 Å². The van der Waals surface area contributed by atoms with Crippen LogP contribution in [0.4, 0.5) is 0 Å². The van der Waals surface area contributed by atoms with Crippen molar-refractivity contribution in [1.82, 2.24) is 15.1 Å². The van der Waals surface area contributed by atoms with E-state index in [4.69, 9.17) is 19.7 Å². The third kappa shape index (κ3) is 6.59. The third-order valence-corrected chi connectivity index (χ3v) is 5.72. The summed E-state index contributed by atoms with van der Waals surface area (Å²) in [6, 6.07) is 20.7. The van der Waals surface area contributed by atoms with Gasteiger partial charge >= 0.3 is 5.97 Å². The summed E-state index contributed by atoms with van der Waals surface area (Å²) in [6.07, 6.45) is 1.79. The average molecular weight is 514 g/mol. The highest BCUT2D eigenvalue weighted by Crippen LogP contribution is 2.35.